The molecule has 92 valence electrons. The average Bonchev–Trinajstić information content (AvgIpc) is 2.81. The average molecular weight is 269 g/mol. The highest BCUT2D eigenvalue weighted by molar-refractivity contribution is 7.91. The number of nitrogens with zero attached hydrogens (tertiary/aromatic N) is 3. The zero-order valence-corrected chi connectivity index (χ0v) is 10.2. The SMILES string of the molecule is BBn1cc(S(=O)(=O)c2ccc(F)c(F)c2)nn1. The topological polar surface area (TPSA) is 64.8 Å². The third kappa shape index (κ3) is 2.15. The smallest absolute Gasteiger partial charge is 0.227 e. The van der Waals surface area contributed by atoms with Gasteiger partial charge in [-0.25, -0.2) is 17.2 Å². The van der Waals surface area contributed by atoms with E-state index >= 15 is 0 Å². The van der Waals surface area contributed by atoms with Gasteiger partial charge in [-0.05, 0) is 18.2 Å². The van der Waals surface area contributed by atoms with Gasteiger partial charge in [-0.3, -0.25) is 0 Å². The quantitative estimate of drug-likeness (QED) is 0.537. The van der Waals surface area contributed by atoms with Gasteiger partial charge in [-0.1, -0.05) is 5.21 Å². The van der Waals surface area contributed by atoms with Crippen LogP contribution in [0.25, 0.3) is 0 Å². The maximum Gasteiger partial charge on any atom is 0.227 e. The van der Waals surface area contributed by atoms with E-state index in [1.165, 1.54) is 10.8 Å². The zero-order chi connectivity index (χ0) is 13.3. The molecule has 1 aromatic heterocycles. The van der Waals surface area contributed by atoms with Crippen LogP contribution in [0.15, 0.2) is 34.3 Å². The van der Waals surface area contributed by atoms with E-state index < -0.39 is 21.5 Å². The highest BCUT2D eigenvalue weighted by Gasteiger charge is 2.22. The highest BCUT2D eigenvalue weighted by Crippen LogP contribution is 2.20. The molecule has 0 aliphatic heterocycles. The molecule has 0 bridgehead atoms. The summed E-state index contributed by atoms with van der Waals surface area (Å²) in [6.45, 7) is 0. The van der Waals surface area contributed by atoms with Gasteiger partial charge < -0.3 is 4.59 Å². The van der Waals surface area contributed by atoms with Crippen molar-refractivity contribution < 1.29 is 17.2 Å². The number of sulfone groups is 1. The number of benzene rings is 1. The molecule has 0 aliphatic carbocycles. The van der Waals surface area contributed by atoms with Gasteiger partial charge in [0.25, 0.3) is 0 Å². The summed E-state index contributed by atoms with van der Waals surface area (Å²) >= 11 is 0. The van der Waals surface area contributed by atoms with Crippen LogP contribution >= 0.6 is 0 Å². The lowest BCUT2D eigenvalue weighted by Gasteiger charge is -2.01. The molecular weight excluding hydrogens is 262 g/mol. The molecule has 1 aromatic carbocycles. The van der Waals surface area contributed by atoms with Crippen molar-refractivity contribution in [1.29, 1.82) is 0 Å². The van der Waals surface area contributed by atoms with E-state index in [-0.39, 0.29) is 9.92 Å². The Balaban J connectivity index is 2.50. The molecule has 0 saturated carbocycles. The van der Waals surface area contributed by atoms with Crippen molar-refractivity contribution in [3.05, 3.63) is 36.0 Å². The second-order valence-corrected chi connectivity index (χ2v) is 5.39. The molecule has 0 spiro atoms. The Labute approximate surface area is 103 Å². The summed E-state index contributed by atoms with van der Waals surface area (Å²) in [5.41, 5.74) is 0. The summed E-state index contributed by atoms with van der Waals surface area (Å²) < 4.78 is 51.1. The fraction of sp³-hybridized carbons (Fsp3) is 0. The third-order valence-electron chi connectivity index (χ3n) is 2.32. The van der Waals surface area contributed by atoms with E-state index in [1.54, 1.807) is 7.74 Å². The third-order valence-corrected chi connectivity index (χ3v) is 3.93. The van der Waals surface area contributed by atoms with Crippen LogP contribution in [-0.4, -0.2) is 38.4 Å². The van der Waals surface area contributed by atoms with Gasteiger partial charge in [0.15, 0.2) is 11.6 Å². The van der Waals surface area contributed by atoms with E-state index in [0.717, 1.165) is 12.1 Å². The van der Waals surface area contributed by atoms with Gasteiger partial charge >= 0.3 is 0 Å². The Morgan fingerprint density at radius 3 is 2.56 bits per heavy atom. The summed E-state index contributed by atoms with van der Waals surface area (Å²) in [4.78, 5) is -0.357. The summed E-state index contributed by atoms with van der Waals surface area (Å²) in [6.07, 6.45) is 1.23. The lowest BCUT2D eigenvalue weighted by molar-refractivity contribution is 0.504. The van der Waals surface area contributed by atoms with E-state index in [4.69, 9.17) is 0 Å². The number of rotatable bonds is 3. The molecule has 0 N–H and O–H groups in total. The number of hydrogen-bond acceptors (Lipinski definition) is 4. The zero-order valence-electron chi connectivity index (χ0n) is 9.34. The second-order valence-electron chi connectivity index (χ2n) is 3.49. The van der Waals surface area contributed by atoms with Crippen molar-refractivity contribution in [1.82, 2.24) is 14.9 Å². The molecule has 1 heterocycles. The Morgan fingerprint density at radius 2 is 2.00 bits per heavy atom. The number of aromatic nitrogens is 3. The molecule has 10 heteroatoms. The van der Waals surface area contributed by atoms with Crippen LogP contribution in [0.2, 0.25) is 0 Å². The fourth-order valence-corrected chi connectivity index (χ4v) is 2.47. The largest absolute Gasteiger partial charge is 0.310 e. The summed E-state index contributed by atoms with van der Waals surface area (Å²) in [5.74, 6) is -2.33. The molecule has 5 nitrogen and oxygen atoms in total. The summed E-state index contributed by atoms with van der Waals surface area (Å²) in [7, 11) is -1.74. The molecule has 0 amide bonds. The van der Waals surface area contributed by atoms with Crippen LogP contribution in [0.4, 0.5) is 8.78 Å². The van der Waals surface area contributed by atoms with Crippen molar-refractivity contribution in [2.75, 3.05) is 0 Å². The Morgan fingerprint density at radius 1 is 1.28 bits per heavy atom. The minimum absolute atomic E-state index is 0.296. The Kier molecular flexibility index (Phi) is 3.20. The Hall–Kier alpha value is -1.70. The molecule has 18 heavy (non-hydrogen) atoms. The molecule has 2 rings (SSSR count). The van der Waals surface area contributed by atoms with E-state index in [9.17, 15) is 17.2 Å². The predicted molar refractivity (Wildman–Crippen MR) is 62.9 cm³/mol. The summed E-state index contributed by atoms with van der Waals surface area (Å²) in [6, 6.07) is 2.36. The molecular formula is C8H7B2F2N3O2S. The fourth-order valence-electron chi connectivity index (χ4n) is 1.32. The van der Waals surface area contributed by atoms with Crippen LogP contribution in [0.3, 0.4) is 0 Å². The van der Waals surface area contributed by atoms with Crippen molar-refractivity contribution in [3.8, 4) is 0 Å². The first-order chi connectivity index (χ1) is 8.45. The minimum atomic E-state index is -3.97. The highest BCUT2D eigenvalue weighted by atomic mass is 32.2. The molecule has 0 atom stereocenters. The van der Waals surface area contributed by atoms with Crippen LogP contribution in [0, 0.1) is 11.6 Å². The predicted octanol–water partition coefficient (Wildman–Crippen LogP) is -0.863. The molecule has 0 aliphatic rings. The number of hydrogen-bond donors (Lipinski definition) is 0. The molecule has 0 fully saturated rings. The standard InChI is InChI=1S/C8H7B2F2N3O2S/c9-10-15-4-8(13-14-15)18(16,17)5-1-2-6(11)7(12)3-5/h1-4,10H,9H2. The molecule has 2 aromatic rings. The first kappa shape index (κ1) is 12.7. The minimum Gasteiger partial charge on any atom is -0.310 e. The molecule has 0 unspecified atom stereocenters. The Bertz CT molecular complexity index is 689. The van der Waals surface area contributed by atoms with Crippen molar-refractivity contribution in [3.63, 3.8) is 0 Å². The second kappa shape index (κ2) is 4.52. The van der Waals surface area contributed by atoms with Crippen molar-refractivity contribution in [2.24, 2.45) is 0 Å². The normalized spacial score (nSPS) is 11.4. The van der Waals surface area contributed by atoms with Crippen LogP contribution < -0.4 is 0 Å². The van der Waals surface area contributed by atoms with Crippen molar-refractivity contribution in [2.45, 2.75) is 9.92 Å². The van der Waals surface area contributed by atoms with E-state index in [0.29, 0.717) is 13.4 Å². The maximum atomic E-state index is 13.0. The number of halogens is 2. The van der Waals surface area contributed by atoms with Gasteiger partial charge in [-0.2, -0.15) is 0 Å². The first-order valence-corrected chi connectivity index (χ1v) is 6.53. The lowest BCUT2D eigenvalue weighted by atomic mass is 9.67. The van der Waals surface area contributed by atoms with Gasteiger partial charge in [0.2, 0.25) is 22.2 Å². The van der Waals surface area contributed by atoms with Gasteiger partial charge in [0.05, 0.1) is 12.6 Å². The van der Waals surface area contributed by atoms with Gasteiger partial charge in [0, 0.05) is 6.20 Å². The first-order valence-electron chi connectivity index (χ1n) is 5.05. The lowest BCUT2D eigenvalue weighted by Crippen LogP contribution is -2.06. The van der Waals surface area contributed by atoms with Gasteiger partial charge in [0.1, 0.15) is 0 Å². The molecule has 0 radical (unpaired) electrons. The van der Waals surface area contributed by atoms with Crippen LogP contribution in [-0.2, 0) is 9.84 Å². The van der Waals surface area contributed by atoms with Crippen LogP contribution in [0.1, 0.15) is 0 Å². The van der Waals surface area contributed by atoms with E-state index in [2.05, 4.69) is 10.3 Å². The van der Waals surface area contributed by atoms with Crippen molar-refractivity contribution >= 4 is 24.9 Å². The van der Waals surface area contributed by atoms with Crippen LogP contribution in [0.5, 0.6) is 0 Å². The summed E-state index contributed by atoms with van der Waals surface area (Å²) in [5, 5.41) is 6.79. The monoisotopic (exact) mass is 269 g/mol. The maximum absolute atomic E-state index is 13.0. The van der Waals surface area contributed by atoms with E-state index in [1.807, 2.05) is 0 Å². The molecule has 0 saturated heterocycles. The van der Waals surface area contributed by atoms with Gasteiger partial charge in [-0.15, -0.1) is 5.10 Å².